The molecule has 5 heteroatoms. The highest BCUT2D eigenvalue weighted by atomic mass is 16.4. The smallest absolute Gasteiger partial charge is 0.339 e. The SMILES string of the molecule is CC1(Nc2ncc(N)cc2C(=O)O)CCC1. The fourth-order valence-corrected chi connectivity index (χ4v) is 1.86. The van der Waals surface area contributed by atoms with Gasteiger partial charge in [-0.15, -0.1) is 0 Å². The second-order valence-corrected chi connectivity index (χ2v) is 4.51. The molecule has 1 heterocycles. The molecule has 1 fully saturated rings. The molecule has 1 aromatic rings. The number of carboxylic acid groups (broad SMARTS) is 1. The van der Waals surface area contributed by atoms with E-state index in [1.807, 2.05) is 0 Å². The summed E-state index contributed by atoms with van der Waals surface area (Å²) in [7, 11) is 0. The Balaban J connectivity index is 2.29. The third-order valence-corrected chi connectivity index (χ3v) is 3.02. The summed E-state index contributed by atoms with van der Waals surface area (Å²) in [5, 5.41) is 12.2. The monoisotopic (exact) mass is 221 g/mol. The molecule has 0 unspecified atom stereocenters. The second kappa shape index (κ2) is 3.66. The largest absolute Gasteiger partial charge is 0.478 e. The first kappa shape index (κ1) is 10.7. The predicted octanol–water partition coefficient (Wildman–Crippen LogP) is 1.72. The van der Waals surface area contributed by atoms with Crippen LogP contribution in [0.5, 0.6) is 0 Å². The van der Waals surface area contributed by atoms with Crippen LogP contribution in [0.1, 0.15) is 36.5 Å². The average molecular weight is 221 g/mol. The number of nitrogens with one attached hydrogen (secondary N) is 1. The third-order valence-electron chi connectivity index (χ3n) is 3.02. The molecule has 0 bridgehead atoms. The predicted molar refractivity (Wildman–Crippen MR) is 61.5 cm³/mol. The Morgan fingerprint density at radius 1 is 1.62 bits per heavy atom. The van der Waals surface area contributed by atoms with Crippen LogP contribution in [-0.4, -0.2) is 21.6 Å². The zero-order valence-electron chi connectivity index (χ0n) is 9.16. The van der Waals surface area contributed by atoms with Crippen LogP contribution < -0.4 is 11.1 Å². The first-order valence-electron chi connectivity index (χ1n) is 5.27. The number of carboxylic acids is 1. The molecule has 5 nitrogen and oxygen atoms in total. The van der Waals surface area contributed by atoms with Crippen molar-refractivity contribution in [2.24, 2.45) is 0 Å². The van der Waals surface area contributed by atoms with Crippen molar-refractivity contribution >= 4 is 17.5 Å². The number of aromatic carboxylic acids is 1. The van der Waals surface area contributed by atoms with Crippen molar-refractivity contribution in [1.82, 2.24) is 4.98 Å². The normalized spacial score (nSPS) is 17.6. The molecule has 0 amide bonds. The molecule has 0 aromatic carbocycles. The van der Waals surface area contributed by atoms with E-state index in [0.717, 1.165) is 12.8 Å². The Morgan fingerprint density at radius 2 is 2.31 bits per heavy atom. The molecular formula is C11H15N3O2. The van der Waals surface area contributed by atoms with Crippen molar-refractivity contribution in [3.63, 3.8) is 0 Å². The maximum atomic E-state index is 11.0. The van der Waals surface area contributed by atoms with Gasteiger partial charge in [0.05, 0.1) is 11.9 Å². The molecule has 1 aromatic heterocycles. The van der Waals surface area contributed by atoms with Crippen LogP contribution in [0, 0.1) is 0 Å². The van der Waals surface area contributed by atoms with Crippen molar-refractivity contribution in [2.75, 3.05) is 11.1 Å². The zero-order valence-corrected chi connectivity index (χ0v) is 9.16. The quantitative estimate of drug-likeness (QED) is 0.723. The van der Waals surface area contributed by atoms with E-state index >= 15 is 0 Å². The van der Waals surface area contributed by atoms with E-state index in [2.05, 4.69) is 17.2 Å². The van der Waals surface area contributed by atoms with Crippen molar-refractivity contribution < 1.29 is 9.90 Å². The van der Waals surface area contributed by atoms with Crippen LogP contribution in [0.2, 0.25) is 0 Å². The number of hydrogen-bond acceptors (Lipinski definition) is 4. The maximum absolute atomic E-state index is 11.0. The Morgan fingerprint density at radius 3 is 2.81 bits per heavy atom. The highest BCUT2D eigenvalue weighted by Gasteiger charge is 2.32. The Kier molecular flexibility index (Phi) is 2.46. The zero-order chi connectivity index (χ0) is 11.8. The van der Waals surface area contributed by atoms with Gasteiger partial charge in [-0.05, 0) is 32.3 Å². The van der Waals surface area contributed by atoms with Crippen molar-refractivity contribution in [1.29, 1.82) is 0 Å². The second-order valence-electron chi connectivity index (χ2n) is 4.51. The van der Waals surface area contributed by atoms with Crippen LogP contribution in [-0.2, 0) is 0 Å². The Labute approximate surface area is 93.7 Å². The molecule has 0 atom stereocenters. The molecule has 0 aliphatic heterocycles. The van der Waals surface area contributed by atoms with Gasteiger partial charge < -0.3 is 16.2 Å². The van der Waals surface area contributed by atoms with Crippen LogP contribution in [0.15, 0.2) is 12.3 Å². The van der Waals surface area contributed by atoms with Crippen molar-refractivity contribution in [3.05, 3.63) is 17.8 Å². The van der Waals surface area contributed by atoms with Gasteiger partial charge in [0.2, 0.25) is 0 Å². The summed E-state index contributed by atoms with van der Waals surface area (Å²) in [5.74, 6) is -0.603. The highest BCUT2D eigenvalue weighted by Crippen LogP contribution is 2.35. The summed E-state index contributed by atoms with van der Waals surface area (Å²) in [6, 6.07) is 1.43. The van der Waals surface area contributed by atoms with Gasteiger partial charge in [0.25, 0.3) is 0 Å². The van der Waals surface area contributed by atoms with E-state index in [1.54, 1.807) is 0 Å². The van der Waals surface area contributed by atoms with Gasteiger partial charge in [-0.25, -0.2) is 9.78 Å². The molecule has 4 N–H and O–H groups in total. The van der Waals surface area contributed by atoms with E-state index in [0.29, 0.717) is 11.5 Å². The molecule has 0 radical (unpaired) electrons. The number of rotatable bonds is 3. The molecule has 1 aliphatic carbocycles. The van der Waals surface area contributed by atoms with Gasteiger partial charge in [0, 0.05) is 5.54 Å². The standard InChI is InChI=1S/C11H15N3O2/c1-11(3-2-4-11)14-9-8(10(15)16)5-7(12)6-13-9/h5-6H,2-4,12H2,1H3,(H,13,14)(H,15,16). The molecule has 0 saturated heterocycles. The number of nitrogens with two attached hydrogens (primary N) is 1. The van der Waals surface area contributed by atoms with Gasteiger partial charge in [-0.1, -0.05) is 0 Å². The lowest BCUT2D eigenvalue weighted by Gasteiger charge is -2.39. The van der Waals surface area contributed by atoms with Crippen molar-refractivity contribution in [3.8, 4) is 0 Å². The molecular weight excluding hydrogens is 206 g/mol. The summed E-state index contributed by atoms with van der Waals surface area (Å²) < 4.78 is 0. The number of anilines is 2. The van der Waals surface area contributed by atoms with E-state index in [-0.39, 0.29) is 11.1 Å². The number of nitrogen functional groups attached to an aromatic ring is 1. The third kappa shape index (κ3) is 1.93. The van der Waals surface area contributed by atoms with Crippen LogP contribution >= 0.6 is 0 Å². The maximum Gasteiger partial charge on any atom is 0.339 e. The number of aromatic nitrogens is 1. The number of hydrogen-bond donors (Lipinski definition) is 3. The first-order valence-corrected chi connectivity index (χ1v) is 5.27. The van der Waals surface area contributed by atoms with Gasteiger partial charge in [0.15, 0.2) is 0 Å². The van der Waals surface area contributed by atoms with Crippen LogP contribution in [0.3, 0.4) is 0 Å². The lowest BCUT2D eigenvalue weighted by atomic mass is 9.78. The molecule has 1 aliphatic rings. The Bertz CT molecular complexity index is 427. The topological polar surface area (TPSA) is 88.2 Å². The van der Waals surface area contributed by atoms with Crippen LogP contribution in [0.4, 0.5) is 11.5 Å². The summed E-state index contributed by atoms with van der Waals surface area (Å²) in [6.07, 6.45) is 4.72. The average Bonchev–Trinajstić information content (AvgIpc) is 2.18. The minimum Gasteiger partial charge on any atom is -0.478 e. The minimum atomic E-state index is -1.01. The number of nitrogens with zero attached hydrogens (tertiary/aromatic N) is 1. The van der Waals surface area contributed by atoms with E-state index in [4.69, 9.17) is 10.8 Å². The van der Waals surface area contributed by atoms with Crippen LogP contribution in [0.25, 0.3) is 0 Å². The lowest BCUT2D eigenvalue weighted by Crippen LogP contribution is -2.42. The summed E-state index contributed by atoms with van der Waals surface area (Å²) >= 11 is 0. The van der Waals surface area contributed by atoms with Gasteiger partial charge in [-0.2, -0.15) is 0 Å². The van der Waals surface area contributed by atoms with Gasteiger partial charge >= 0.3 is 5.97 Å². The lowest BCUT2D eigenvalue weighted by molar-refractivity contribution is 0.0697. The van der Waals surface area contributed by atoms with E-state index in [1.165, 1.54) is 18.7 Å². The fourth-order valence-electron chi connectivity index (χ4n) is 1.86. The van der Waals surface area contributed by atoms with E-state index in [9.17, 15) is 4.79 Å². The summed E-state index contributed by atoms with van der Waals surface area (Å²) in [6.45, 7) is 2.07. The molecule has 1 saturated carbocycles. The van der Waals surface area contributed by atoms with Crippen molar-refractivity contribution in [2.45, 2.75) is 31.7 Å². The highest BCUT2D eigenvalue weighted by molar-refractivity contribution is 5.94. The summed E-state index contributed by atoms with van der Waals surface area (Å²) in [4.78, 5) is 15.1. The van der Waals surface area contributed by atoms with E-state index < -0.39 is 5.97 Å². The molecule has 16 heavy (non-hydrogen) atoms. The number of carbonyl (C=O) groups is 1. The Hall–Kier alpha value is -1.78. The fraction of sp³-hybridized carbons (Fsp3) is 0.455. The van der Waals surface area contributed by atoms with Gasteiger partial charge in [0.1, 0.15) is 11.4 Å². The van der Waals surface area contributed by atoms with Gasteiger partial charge in [-0.3, -0.25) is 0 Å². The first-order chi connectivity index (χ1) is 7.50. The molecule has 86 valence electrons. The number of pyridine rings is 1. The molecule has 0 spiro atoms. The minimum absolute atomic E-state index is 0.0205. The molecule has 2 rings (SSSR count). The summed E-state index contributed by atoms with van der Waals surface area (Å²) in [5.41, 5.74) is 6.00.